The molecular formula is C16H20Cl2N2. The summed E-state index contributed by atoms with van der Waals surface area (Å²) in [7, 11) is 0. The fraction of sp³-hybridized carbons (Fsp3) is 0.375. The highest BCUT2D eigenvalue weighted by Crippen LogP contribution is 2.25. The van der Waals surface area contributed by atoms with Crippen LogP contribution in [-0.4, -0.2) is 4.57 Å². The van der Waals surface area contributed by atoms with Crippen LogP contribution >= 0.6 is 23.2 Å². The minimum absolute atomic E-state index is 0.235. The number of aryl methyl sites for hydroxylation is 1. The molecule has 1 aromatic heterocycles. The van der Waals surface area contributed by atoms with E-state index in [1.54, 1.807) is 0 Å². The molecule has 1 unspecified atom stereocenters. The summed E-state index contributed by atoms with van der Waals surface area (Å²) in [5.74, 6) is 0. The summed E-state index contributed by atoms with van der Waals surface area (Å²) in [5.41, 5.74) is 2.44. The van der Waals surface area contributed by atoms with E-state index in [0.717, 1.165) is 25.1 Å². The molecule has 0 amide bonds. The molecule has 2 nitrogen and oxygen atoms in total. The minimum atomic E-state index is 0.235. The Morgan fingerprint density at radius 1 is 1.20 bits per heavy atom. The summed E-state index contributed by atoms with van der Waals surface area (Å²) in [5, 5.41) is 4.70. The quantitative estimate of drug-likeness (QED) is 0.789. The molecule has 108 valence electrons. The normalized spacial score (nSPS) is 12.6. The number of hydrogen-bond donors (Lipinski definition) is 1. The molecule has 0 bridgehead atoms. The lowest BCUT2D eigenvalue weighted by Crippen LogP contribution is -2.17. The van der Waals surface area contributed by atoms with Crippen LogP contribution in [0.1, 0.15) is 37.4 Å². The first-order valence-electron chi connectivity index (χ1n) is 6.93. The minimum Gasteiger partial charge on any atom is -0.354 e. The Kier molecular flexibility index (Phi) is 5.53. The van der Waals surface area contributed by atoms with Gasteiger partial charge in [-0.3, -0.25) is 0 Å². The molecule has 0 aliphatic heterocycles. The Balaban J connectivity index is 1.93. The van der Waals surface area contributed by atoms with Crippen molar-refractivity contribution in [1.29, 1.82) is 0 Å². The first-order chi connectivity index (χ1) is 9.60. The van der Waals surface area contributed by atoms with E-state index in [4.69, 9.17) is 23.2 Å². The summed E-state index contributed by atoms with van der Waals surface area (Å²) in [6.07, 6.45) is 5.48. The van der Waals surface area contributed by atoms with Crippen molar-refractivity contribution in [2.24, 2.45) is 0 Å². The molecule has 0 radical (unpaired) electrons. The summed E-state index contributed by atoms with van der Waals surface area (Å²) in [4.78, 5) is 0. The number of halogens is 2. The lowest BCUT2D eigenvalue weighted by Gasteiger charge is -2.14. The molecule has 0 saturated carbocycles. The lowest BCUT2D eigenvalue weighted by molar-refractivity contribution is 0.573. The van der Waals surface area contributed by atoms with E-state index in [1.165, 1.54) is 5.56 Å². The van der Waals surface area contributed by atoms with Crippen molar-refractivity contribution in [2.75, 3.05) is 0 Å². The topological polar surface area (TPSA) is 17.0 Å². The van der Waals surface area contributed by atoms with Gasteiger partial charge in [-0.15, -0.1) is 0 Å². The van der Waals surface area contributed by atoms with Gasteiger partial charge in [0.2, 0.25) is 0 Å². The molecule has 0 aliphatic carbocycles. The van der Waals surface area contributed by atoms with Crippen molar-refractivity contribution >= 4 is 23.2 Å². The molecule has 1 N–H and O–H groups in total. The van der Waals surface area contributed by atoms with Gasteiger partial charge < -0.3 is 9.88 Å². The second-order valence-corrected chi connectivity index (χ2v) is 5.85. The van der Waals surface area contributed by atoms with E-state index >= 15 is 0 Å². The van der Waals surface area contributed by atoms with Crippen LogP contribution < -0.4 is 5.32 Å². The second kappa shape index (κ2) is 7.16. The number of aromatic nitrogens is 1. The van der Waals surface area contributed by atoms with E-state index in [2.05, 4.69) is 42.2 Å². The van der Waals surface area contributed by atoms with Crippen LogP contribution in [0.3, 0.4) is 0 Å². The van der Waals surface area contributed by atoms with E-state index in [1.807, 2.05) is 18.2 Å². The number of rotatable bonds is 6. The predicted molar refractivity (Wildman–Crippen MR) is 86.4 cm³/mol. The third-order valence-electron chi connectivity index (χ3n) is 3.35. The van der Waals surface area contributed by atoms with E-state index < -0.39 is 0 Å². The Labute approximate surface area is 130 Å². The predicted octanol–water partition coefficient (Wildman–Crippen LogP) is 5.06. The number of nitrogens with one attached hydrogen (secondary N) is 1. The van der Waals surface area contributed by atoms with Crippen molar-refractivity contribution in [3.05, 3.63) is 57.8 Å². The molecule has 20 heavy (non-hydrogen) atoms. The molecule has 1 atom stereocenters. The molecule has 0 aliphatic rings. The van der Waals surface area contributed by atoms with Crippen molar-refractivity contribution < 1.29 is 0 Å². The van der Waals surface area contributed by atoms with Crippen LogP contribution in [0.2, 0.25) is 10.0 Å². The van der Waals surface area contributed by atoms with Crippen LogP contribution in [-0.2, 0) is 13.1 Å². The molecule has 1 aromatic carbocycles. The Bertz CT molecular complexity index is 563. The highest BCUT2D eigenvalue weighted by molar-refractivity contribution is 6.42. The highest BCUT2D eigenvalue weighted by atomic mass is 35.5. The Hall–Kier alpha value is -0.960. The van der Waals surface area contributed by atoms with Crippen LogP contribution in [0.25, 0.3) is 0 Å². The fourth-order valence-corrected chi connectivity index (χ4v) is 2.47. The summed E-state index contributed by atoms with van der Waals surface area (Å²) in [6.45, 7) is 6.23. The monoisotopic (exact) mass is 310 g/mol. The van der Waals surface area contributed by atoms with Crippen LogP contribution in [0, 0.1) is 0 Å². The molecule has 2 aromatic rings. The van der Waals surface area contributed by atoms with Gasteiger partial charge in [0.05, 0.1) is 10.0 Å². The van der Waals surface area contributed by atoms with Gasteiger partial charge in [0, 0.05) is 31.5 Å². The maximum Gasteiger partial charge on any atom is 0.0595 e. The molecular weight excluding hydrogens is 291 g/mol. The molecule has 0 spiro atoms. The standard InChI is InChI=1S/C16H20Cl2N2/c1-3-7-20-8-6-13(11-20)10-19-12(2)14-4-5-15(17)16(18)9-14/h4-6,8-9,11-12,19H,3,7,10H2,1-2H3. The summed E-state index contributed by atoms with van der Waals surface area (Å²) < 4.78 is 2.22. The SMILES string of the molecule is CCCn1ccc(CNC(C)c2ccc(Cl)c(Cl)c2)c1. The third-order valence-corrected chi connectivity index (χ3v) is 4.09. The first kappa shape index (κ1) is 15.4. The molecule has 4 heteroatoms. The zero-order valence-corrected chi connectivity index (χ0v) is 13.4. The zero-order chi connectivity index (χ0) is 14.5. The largest absolute Gasteiger partial charge is 0.354 e. The van der Waals surface area contributed by atoms with Crippen molar-refractivity contribution in [2.45, 2.75) is 39.4 Å². The van der Waals surface area contributed by atoms with Gasteiger partial charge in [0.1, 0.15) is 0 Å². The van der Waals surface area contributed by atoms with Crippen LogP contribution in [0.4, 0.5) is 0 Å². The average molecular weight is 311 g/mol. The second-order valence-electron chi connectivity index (χ2n) is 5.03. The van der Waals surface area contributed by atoms with Crippen LogP contribution in [0.5, 0.6) is 0 Å². The smallest absolute Gasteiger partial charge is 0.0595 e. The van der Waals surface area contributed by atoms with Gasteiger partial charge in [0.25, 0.3) is 0 Å². The van der Waals surface area contributed by atoms with Gasteiger partial charge in [0.15, 0.2) is 0 Å². The van der Waals surface area contributed by atoms with Gasteiger partial charge in [-0.05, 0) is 42.7 Å². The average Bonchev–Trinajstić information content (AvgIpc) is 2.87. The summed E-state index contributed by atoms with van der Waals surface area (Å²) in [6, 6.07) is 8.16. The maximum atomic E-state index is 6.05. The van der Waals surface area contributed by atoms with Gasteiger partial charge in [-0.25, -0.2) is 0 Å². The highest BCUT2D eigenvalue weighted by Gasteiger charge is 2.07. The lowest BCUT2D eigenvalue weighted by atomic mass is 10.1. The van der Waals surface area contributed by atoms with Crippen molar-refractivity contribution in [3.63, 3.8) is 0 Å². The number of nitrogens with zero attached hydrogens (tertiary/aromatic N) is 1. The van der Waals surface area contributed by atoms with E-state index in [0.29, 0.717) is 10.0 Å². The molecule has 0 saturated heterocycles. The van der Waals surface area contributed by atoms with E-state index in [9.17, 15) is 0 Å². The zero-order valence-electron chi connectivity index (χ0n) is 11.9. The van der Waals surface area contributed by atoms with Crippen molar-refractivity contribution in [3.8, 4) is 0 Å². The Morgan fingerprint density at radius 2 is 2.00 bits per heavy atom. The summed E-state index contributed by atoms with van der Waals surface area (Å²) >= 11 is 12.0. The Morgan fingerprint density at radius 3 is 2.70 bits per heavy atom. The fourth-order valence-electron chi connectivity index (χ4n) is 2.16. The van der Waals surface area contributed by atoms with Crippen LogP contribution in [0.15, 0.2) is 36.7 Å². The van der Waals surface area contributed by atoms with Gasteiger partial charge in [-0.1, -0.05) is 36.2 Å². The third kappa shape index (κ3) is 4.02. The molecule has 2 rings (SSSR count). The number of benzene rings is 1. The van der Waals surface area contributed by atoms with Gasteiger partial charge in [-0.2, -0.15) is 0 Å². The molecule has 1 heterocycles. The van der Waals surface area contributed by atoms with Gasteiger partial charge >= 0.3 is 0 Å². The van der Waals surface area contributed by atoms with Crippen molar-refractivity contribution in [1.82, 2.24) is 9.88 Å². The first-order valence-corrected chi connectivity index (χ1v) is 7.68. The molecule has 0 fully saturated rings. The maximum absolute atomic E-state index is 6.05. The number of hydrogen-bond acceptors (Lipinski definition) is 1. The van der Waals surface area contributed by atoms with E-state index in [-0.39, 0.29) is 6.04 Å².